The lowest BCUT2D eigenvalue weighted by molar-refractivity contribution is -0.221. The smallest absolute Gasteiger partial charge is 0.306 e. The first-order valence-corrected chi connectivity index (χ1v) is 7.87. The van der Waals surface area contributed by atoms with Gasteiger partial charge >= 0.3 is 5.97 Å². The van der Waals surface area contributed by atoms with Crippen molar-refractivity contribution in [2.45, 2.75) is 51.9 Å². The minimum atomic E-state index is -0.745. The van der Waals surface area contributed by atoms with E-state index in [1.54, 1.807) is 13.0 Å². The second-order valence-corrected chi connectivity index (χ2v) is 6.00. The summed E-state index contributed by atoms with van der Waals surface area (Å²) in [5.41, 5.74) is 0. The maximum Gasteiger partial charge on any atom is 0.306 e. The molecule has 0 saturated carbocycles. The van der Waals surface area contributed by atoms with Crippen molar-refractivity contribution in [3.05, 3.63) is 24.0 Å². The molecule has 0 N–H and O–H groups in total. The fourth-order valence-corrected chi connectivity index (χ4v) is 2.38. The minimum Gasteiger partial charge on any atom is -0.460 e. The molecule has 0 aromatic rings. The molecule has 2 rings (SSSR count). The Kier molecular flexibility index (Phi) is 5.90. The van der Waals surface area contributed by atoms with Crippen molar-refractivity contribution in [3.63, 3.8) is 0 Å². The third-order valence-corrected chi connectivity index (χ3v) is 3.47. The zero-order valence-corrected chi connectivity index (χ0v) is 13.8. The van der Waals surface area contributed by atoms with Crippen LogP contribution < -0.4 is 0 Å². The van der Waals surface area contributed by atoms with Gasteiger partial charge in [0.15, 0.2) is 0 Å². The monoisotopic (exact) mass is 314 g/mol. The molecule has 0 radical (unpaired) electrons. The molecular formula is C19H22O4. The summed E-state index contributed by atoms with van der Waals surface area (Å²) in [5.74, 6) is 10.9. The molecule has 4 heteroatoms. The van der Waals surface area contributed by atoms with Crippen LogP contribution in [0, 0.1) is 29.6 Å². The Bertz CT molecular complexity index is 611. The van der Waals surface area contributed by atoms with Crippen LogP contribution in [0.2, 0.25) is 0 Å². The molecule has 2 aliphatic heterocycles. The Morgan fingerprint density at radius 3 is 3.00 bits per heavy atom. The number of rotatable bonds is 3. The first kappa shape index (κ1) is 17.2. The summed E-state index contributed by atoms with van der Waals surface area (Å²) in [7, 11) is 0. The Hall–Kier alpha value is -2.17. The van der Waals surface area contributed by atoms with Gasteiger partial charge in [-0.05, 0) is 43.3 Å². The average Bonchev–Trinajstić information content (AvgIpc) is 2.89. The second kappa shape index (κ2) is 7.90. The Morgan fingerprint density at radius 2 is 2.35 bits per heavy atom. The normalized spacial score (nSPS) is 27.1. The van der Waals surface area contributed by atoms with Gasteiger partial charge in [0, 0.05) is 18.9 Å². The molecular weight excluding hydrogens is 292 g/mol. The van der Waals surface area contributed by atoms with Crippen LogP contribution in [0.3, 0.4) is 0 Å². The highest BCUT2D eigenvalue weighted by Gasteiger charge is 2.40. The zero-order valence-electron chi connectivity index (χ0n) is 13.8. The van der Waals surface area contributed by atoms with E-state index < -0.39 is 5.79 Å². The minimum absolute atomic E-state index is 0.166. The van der Waals surface area contributed by atoms with E-state index in [0.29, 0.717) is 37.5 Å². The predicted octanol–water partition coefficient (Wildman–Crippen LogP) is 2.95. The summed E-state index contributed by atoms with van der Waals surface area (Å²) in [6, 6.07) is 0. The Morgan fingerprint density at radius 1 is 1.52 bits per heavy atom. The molecule has 1 spiro atoms. The van der Waals surface area contributed by atoms with Gasteiger partial charge in [0.1, 0.15) is 11.9 Å². The van der Waals surface area contributed by atoms with Gasteiger partial charge in [0.2, 0.25) is 5.79 Å². The summed E-state index contributed by atoms with van der Waals surface area (Å²) in [6.45, 7) is 6.07. The van der Waals surface area contributed by atoms with Crippen molar-refractivity contribution in [3.8, 4) is 23.7 Å². The second-order valence-electron chi connectivity index (χ2n) is 6.00. The molecule has 1 fully saturated rings. The van der Waals surface area contributed by atoms with Gasteiger partial charge < -0.3 is 14.2 Å². The van der Waals surface area contributed by atoms with Crippen LogP contribution in [0.25, 0.3) is 0 Å². The molecule has 23 heavy (non-hydrogen) atoms. The Balaban J connectivity index is 1.83. The van der Waals surface area contributed by atoms with E-state index in [2.05, 4.69) is 23.7 Å². The van der Waals surface area contributed by atoms with Crippen molar-refractivity contribution >= 4 is 5.97 Å². The molecule has 0 aliphatic carbocycles. The van der Waals surface area contributed by atoms with Crippen LogP contribution in [0.5, 0.6) is 0 Å². The first-order chi connectivity index (χ1) is 11.0. The van der Waals surface area contributed by atoms with E-state index in [1.807, 2.05) is 26.0 Å². The Labute approximate surface area is 137 Å². The molecule has 2 atom stereocenters. The summed E-state index contributed by atoms with van der Waals surface area (Å²) >= 11 is 0. The van der Waals surface area contributed by atoms with Crippen molar-refractivity contribution in [2.75, 3.05) is 6.61 Å². The van der Waals surface area contributed by atoms with Gasteiger partial charge in [-0.15, -0.1) is 0 Å². The van der Waals surface area contributed by atoms with E-state index in [9.17, 15) is 4.79 Å². The molecule has 2 heterocycles. The number of ether oxygens (including phenoxy) is 3. The highest BCUT2D eigenvalue weighted by Crippen LogP contribution is 2.35. The molecule has 2 aliphatic rings. The lowest BCUT2D eigenvalue weighted by Crippen LogP contribution is -2.41. The van der Waals surface area contributed by atoms with Crippen LogP contribution in [0.1, 0.15) is 40.0 Å². The fraction of sp³-hybridized carbons (Fsp3) is 0.526. The fourth-order valence-electron chi connectivity index (χ4n) is 2.38. The molecule has 0 aromatic heterocycles. The molecule has 1 saturated heterocycles. The molecule has 2 unspecified atom stereocenters. The number of hydrogen-bond acceptors (Lipinski definition) is 4. The highest BCUT2D eigenvalue weighted by atomic mass is 16.7. The summed E-state index contributed by atoms with van der Waals surface area (Å²) in [5, 5.41) is 0. The van der Waals surface area contributed by atoms with Crippen LogP contribution >= 0.6 is 0 Å². The summed E-state index contributed by atoms with van der Waals surface area (Å²) in [4.78, 5) is 11.7. The highest BCUT2D eigenvalue weighted by molar-refractivity contribution is 5.69. The van der Waals surface area contributed by atoms with Gasteiger partial charge in [-0.25, -0.2) is 0 Å². The van der Waals surface area contributed by atoms with Crippen molar-refractivity contribution in [1.82, 2.24) is 0 Å². The standard InChI is InChI=1S/C19H22O4/c1-4-5-6-7-8-16-9-11-19(23-16)12-10-17(14-21-19)22-18(20)13-15(2)3/h8-9,11,15,17H,10,12-14H2,1-3H3. The maximum atomic E-state index is 11.7. The van der Waals surface area contributed by atoms with Gasteiger partial charge in [-0.1, -0.05) is 25.7 Å². The average molecular weight is 314 g/mol. The number of hydrogen-bond donors (Lipinski definition) is 0. The van der Waals surface area contributed by atoms with Crippen LogP contribution in [-0.2, 0) is 19.0 Å². The lowest BCUT2D eigenvalue weighted by atomic mass is 10.0. The number of carbonyl (C=O) groups excluding carboxylic acids is 1. The third-order valence-electron chi connectivity index (χ3n) is 3.47. The topological polar surface area (TPSA) is 44.8 Å². The van der Waals surface area contributed by atoms with E-state index in [0.717, 1.165) is 0 Å². The van der Waals surface area contributed by atoms with Gasteiger partial charge in [-0.2, -0.15) is 0 Å². The quantitative estimate of drug-likeness (QED) is 0.593. The predicted molar refractivity (Wildman–Crippen MR) is 86.8 cm³/mol. The van der Waals surface area contributed by atoms with Crippen molar-refractivity contribution in [2.24, 2.45) is 5.92 Å². The van der Waals surface area contributed by atoms with E-state index in [1.165, 1.54) is 0 Å². The molecule has 4 nitrogen and oxygen atoms in total. The van der Waals surface area contributed by atoms with Gasteiger partial charge in [0.25, 0.3) is 0 Å². The van der Waals surface area contributed by atoms with Crippen molar-refractivity contribution in [1.29, 1.82) is 0 Å². The van der Waals surface area contributed by atoms with Crippen LogP contribution in [-0.4, -0.2) is 24.5 Å². The lowest BCUT2D eigenvalue weighted by Gasteiger charge is -2.35. The zero-order chi connectivity index (χ0) is 16.7. The largest absolute Gasteiger partial charge is 0.460 e. The van der Waals surface area contributed by atoms with E-state index in [4.69, 9.17) is 14.2 Å². The molecule has 0 amide bonds. The number of carbonyl (C=O) groups is 1. The van der Waals surface area contributed by atoms with Gasteiger partial charge in [0.05, 0.1) is 6.61 Å². The number of esters is 1. The van der Waals surface area contributed by atoms with Gasteiger partial charge in [-0.3, -0.25) is 4.79 Å². The van der Waals surface area contributed by atoms with Crippen LogP contribution in [0.15, 0.2) is 24.0 Å². The summed E-state index contributed by atoms with van der Waals surface area (Å²) < 4.78 is 17.1. The molecule has 0 bridgehead atoms. The molecule has 122 valence electrons. The van der Waals surface area contributed by atoms with Crippen LogP contribution in [0.4, 0.5) is 0 Å². The van der Waals surface area contributed by atoms with Crippen molar-refractivity contribution < 1.29 is 19.0 Å². The first-order valence-electron chi connectivity index (χ1n) is 7.87. The van der Waals surface area contributed by atoms with E-state index >= 15 is 0 Å². The summed E-state index contributed by atoms with van der Waals surface area (Å²) in [6.07, 6.45) is 7.00. The number of allylic oxidation sites excluding steroid dienone is 2. The molecule has 0 aromatic carbocycles. The van der Waals surface area contributed by atoms with E-state index in [-0.39, 0.29) is 12.1 Å². The maximum absolute atomic E-state index is 11.7. The SMILES string of the molecule is CC#CC#CC=C1C=CC2(CCC(OC(=O)CC(C)C)CO2)O1. The third kappa shape index (κ3) is 5.20.